The topological polar surface area (TPSA) is 56.3 Å². The van der Waals surface area contributed by atoms with Gasteiger partial charge >= 0.3 is 0 Å². The predicted octanol–water partition coefficient (Wildman–Crippen LogP) is 4.32. The van der Waals surface area contributed by atoms with Crippen LogP contribution in [0.1, 0.15) is 5.76 Å². The fourth-order valence-corrected chi connectivity index (χ4v) is 2.29. The fourth-order valence-electron chi connectivity index (χ4n) is 2.29. The van der Waals surface area contributed by atoms with Crippen LogP contribution in [0, 0.1) is 17.0 Å². The molecule has 4 nitrogen and oxygen atoms in total. The van der Waals surface area contributed by atoms with E-state index in [0.29, 0.717) is 5.58 Å². The van der Waals surface area contributed by atoms with Crippen LogP contribution in [0.2, 0.25) is 0 Å². The number of fused-ring (bicyclic) bond motifs is 1. The van der Waals surface area contributed by atoms with E-state index in [2.05, 4.69) is 0 Å². The number of aryl methyl sites for hydroxylation is 1. The summed E-state index contributed by atoms with van der Waals surface area (Å²) in [6, 6.07) is 14.4. The van der Waals surface area contributed by atoms with Gasteiger partial charge < -0.3 is 4.42 Å². The number of nitro groups is 1. The second-order valence-electron chi connectivity index (χ2n) is 4.34. The number of nitrogens with zero attached hydrogens (tertiary/aromatic N) is 1. The summed E-state index contributed by atoms with van der Waals surface area (Å²) in [4.78, 5) is 10.5. The Hall–Kier alpha value is -2.62. The van der Waals surface area contributed by atoms with E-state index in [1.807, 2.05) is 37.3 Å². The summed E-state index contributed by atoms with van der Waals surface area (Å²) in [5, 5.41) is 11.7. The Kier molecular flexibility index (Phi) is 2.56. The Morgan fingerprint density at radius 1 is 1.11 bits per heavy atom. The van der Waals surface area contributed by atoms with Crippen molar-refractivity contribution >= 4 is 16.7 Å². The highest BCUT2D eigenvalue weighted by Gasteiger charge is 2.16. The second-order valence-corrected chi connectivity index (χ2v) is 4.34. The van der Waals surface area contributed by atoms with Crippen molar-refractivity contribution in [3.05, 3.63) is 64.4 Å². The van der Waals surface area contributed by atoms with Crippen LogP contribution in [0.25, 0.3) is 22.1 Å². The Morgan fingerprint density at radius 2 is 1.84 bits per heavy atom. The van der Waals surface area contributed by atoms with E-state index in [1.165, 1.54) is 6.07 Å². The van der Waals surface area contributed by atoms with Crippen LogP contribution in [0.3, 0.4) is 0 Å². The molecule has 0 radical (unpaired) electrons. The summed E-state index contributed by atoms with van der Waals surface area (Å²) >= 11 is 0. The van der Waals surface area contributed by atoms with Crippen molar-refractivity contribution in [3.63, 3.8) is 0 Å². The van der Waals surface area contributed by atoms with Crippen LogP contribution in [0.4, 0.5) is 5.69 Å². The largest absolute Gasteiger partial charge is 0.461 e. The number of non-ortho nitro benzene ring substituents is 1. The molecule has 0 atom stereocenters. The Labute approximate surface area is 109 Å². The molecule has 0 saturated carbocycles. The maximum Gasteiger partial charge on any atom is 0.270 e. The molecular weight excluding hydrogens is 242 g/mol. The van der Waals surface area contributed by atoms with Crippen molar-refractivity contribution in [1.82, 2.24) is 0 Å². The summed E-state index contributed by atoms with van der Waals surface area (Å²) in [6.45, 7) is 1.87. The minimum absolute atomic E-state index is 0.0745. The predicted molar refractivity (Wildman–Crippen MR) is 73.0 cm³/mol. The van der Waals surface area contributed by atoms with Gasteiger partial charge in [-0.15, -0.1) is 0 Å². The van der Waals surface area contributed by atoms with Gasteiger partial charge in [0.1, 0.15) is 11.3 Å². The van der Waals surface area contributed by atoms with Crippen LogP contribution in [0.5, 0.6) is 0 Å². The molecule has 1 aromatic heterocycles. The van der Waals surface area contributed by atoms with Gasteiger partial charge in [0, 0.05) is 23.1 Å². The third-order valence-corrected chi connectivity index (χ3v) is 3.12. The standard InChI is InChI=1S/C15H11NO3/c1-10-15(11-5-3-2-4-6-11)13-9-12(16(17)18)7-8-14(13)19-10/h2-9H,1H3. The third kappa shape index (κ3) is 1.87. The van der Waals surface area contributed by atoms with Gasteiger partial charge in [0.05, 0.1) is 4.92 Å². The van der Waals surface area contributed by atoms with Crippen LogP contribution in [-0.2, 0) is 0 Å². The Morgan fingerprint density at radius 3 is 2.53 bits per heavy atom. The quantitative estimate of drug-likeness (QED) is 0.505. The van der Waals surface area contributed by atoms with Crippen molar-refractivity contribution in [2.75, 3.05) is 0 Å². The molecule has 3 rings (SSSR count). The van der Waals surface area contributed by atoms with E-state index < -0.39 is 4.92 Å². The zero-order valence-electron chi connectivity index (χ0n) is 10.3. The third-order valence-electron chi connectivity index (χ3n) is 3.12. The lowest BCUT2D eigenvalue weighted by Gasteiger charge is -1.99. The molecule has 94 valence electrons. The molecular formula is C15H11NO3. The highest BCUT2D eigenvalue weighted by atomic mass is 16.6. The minimum atomic E-state index is -0.392. The Balaban J connectivity index is 2.31. The smallest absolute Gasteiger partial charge is 0.270 e. The fraction of sp³-hybridized carbons (Fsp3) is 0.0667. The SMILES string of the molecule is Cc1oc2ccc([N+](=O)[O-])cc2c1-c1ccccc1. The highest BCUT2D eigenvalue weighted by molar-refractivity contribution is 5.96. The monoisotopic (exact) mass is 253 g/mol. The van der Waals surface area contributed by atoms with Gasteiger partial charge in [0.2, 0.25) is 0 Å². The zero-order chi connectivity index (χ0) is 13.4. The maximum atomic E-state index is 10.9. The first kappa shape index (κ1) is 11.5. The lowest BCUT2D eigenvalue weighted by Crippen LogP contribution is -1.86. The molecule has 0 bridgehead atoms. The van der Waals surface area contributed by atoms with Crippen molar-refractivity contribution in [1.29, 1.82) is 0 Å². The van der Waals surface area contributed by atoms with Crippen molar-refractivity contribution < 1.29 is 9.34 Å². The maximum absolute atomic E-state index is 10.9. The van der Waals surface area contributed by atoms with Gasteiger partial charge in [0.15, 0.2) is 0 Å². The first-order valence-corrected chi connectivity index (χ1v) is 5.90. The first-order chi connectivity index (χ1) is 9.16. The van der Waals surface area contributed by atoms with E-state index in [4.69, 9.17) is 4.42 Å². The molecule has 0 fully saturated rings. The van der Waals surface area contributed by atoms with E-state index in [1.54, 1.807) is 12.1 Å². The van der Waals surface area contributed by atoms with E-state index >= 15 is 0 Å². The molecule has 0 unspecified atom stereocenters. The molecule has 0 aliphatic heterocycles. The number of nitro benzene ring substituents is 1. The lowest BCUT2D eigenvalue weighted by atomic mass is 10.0. The highest BCUT2D eigenvalue weighted by Crippen LogP contribution is 2.36. The molecule has 0 spiro atoms. The molecule has 0 N–H and O–H groups in total. The van der Waals surface area contributed by atoms with Crippen LogP contribution < -0.4 is 0 Å². The second kappa shape index (κ2) is 4.24. The normalized spacial score (nSPS) is 10.8. The minimum Gasteiger partial charge on any atom is -0.461 e. The molecule has 0 amide bonds. The number of hydrogen-bond acceptors (Lipinski definition) is 3. The van der Waals surface area contributed by atoms with Gasteiger partial charge in [0.25, 0.3) is 5.69 Å². The molecule has 19 heavy (non-hydrogen) atoms. The number of hydrogen-bond donors (Lipinski definition) is 0. The van der Waals surface area contributed by atoms with Crippen molar-refractivity contribution in [2.24, 2.45) is 0 Å². The van der Waals surface area contributed by atoms with E-state index in [9.17, 15) is 10.1 Å². The summed E-state index contributed by atoms with van der Waals surface area (Å²) in [5.41, 5.74) is 2.66. The molecule has 0 aliphatic rings. The van der Waals surface area contributed by atoms with Gasteiger partial charge in [-0.25, -0.2) is 0 Å². The van der Waals surface area contributed by atoms with Crippen molar-refractivity contribution in [2.45, 2.75) is 6.92 Å². The average molecular weight is 253 g/mol. The van der Waals surface area contributed by atoms with Crippen LogP contribution in [0.15, 0.2) is 52.9 Å². The Bertz CT molecular complexity index is 760. The summed E-state index contributed by atoms with van der Waals surface area (Å²) in [6.07, 6.45) is 0. The van der Waals surface area contributed by atoms with Crippen molar-refractivity contribution in [3.8, 4) is 11.1 Å². The van der Waals surface area contributed by atoms with Gasteiger partial charge in [-0.2, -0.15) is 0 Å². The molecule has 4 heteroatoms. The van der Waals surface area contributed by atoms with E-state index in [-0.39, 0.29) is 5.69 Å². The number of benzene rings is 2. The van der Waals surface area contributed by atoms with Gasteiger partial charge in [-0.3, -0.25) is 10.1 Å². The summed E-state index contributed by atoms with van der Waals surface area (Å²) < 4.78 is 5.67. The summed E-state index contributed by atoms with van der Waals surface area (Å²) in [5.74, 6) is 0.765. The molecule has 1 heterocycles. The zero-order valence-corrected chi connectivity index (χ0v) is 10.3. The molecule has 0 aliphatic carbocycles. The summed E-state index contributed by atoms with van der Waals surface area (Å²) in [7, 11) is 0. The first-order valence-electron chi connectivity index (χ1n) is 5.90. The van der Waals surface area contributed by atoms with Gasteiger partial charge in [-0.05, 0) is 18.6 Å². The lowest BCUT2D eigenvalue weighted by molar-refractivity contribution is -0.384. The number of furan rings is 1. The molecule has 2 aromatic carbocycles. The van der Waals surface area contributed by atoms with E-state index in [0.717, 1.165) is 22.3 Å². The van der Waals surface area contributed by atoms with Crippen LogP contribution >= 0.6 is 0 Å². The number of rotatable bonds is 2. The van der Waals surface area contributed by atoms with Gasteiger partial charge in [-0.1, -0.05) is 30.3 Å². The molecule has 0 saturated heterocycles. The van der Waals surface area contributed by atoms with Crippen LogP contribution in [-0.4, -0.2) is 4.92 Å². The average Bonchev–Trinajstić information content (AvgIpc) is 2.74. The molecule has 3 aromatic rings.